The molecule has 0 aliphatic rings. The van der Waals surface area contributed by atoms with Crippen LogP contribution in [-0.4, -0.2) is 37.2 Å². The van der Waals surface area contributed by atoms with E-state index in [1.165, 1.54) is 122 Å². The van der Waals surface area contributed by atoms with Gasteiger partial charge in [-0.25, -0.2) is 0 Å². The van der Waals surface area contributed by atoms with Crippen LogP contribution < -0.4 is 0 Å². The maximum Gasteiger partial charge on any atom is 0.306 e. The number of rotatable bonds is 48. The monoisotopic (exact) mass is 893 g/mol. The van der Waals surface area contributed by atoms with E-state index < -0.39 is 6.10 Å². The fourth-order valence-corrected chi connectivity index (χ4v) is 7.45. The molecule has 0 N–H and O–H groups in total. The van der Waals surface area contributed by atoms with E-state index >= 15 is 0 Å². The first-order chi connectivity index (χ1) is 31.5. The molecule has 0 aliphatic carbocycles. The molecule has 0 aromatic heterocycles. The standard InChI is InChI=1S/C58H100O6/c1-4-7-10-13-16-17-18-19-20-21-22-23-24-25-26-27-28-29-30-31-32-33-34-35-36-37-38-39-40-41-43-45-48-51-57(60)63-54-55(53-62-56(59)50-47-44-15-12-9-6-3)64-58(61)52-49-46-42-14-11-8-5-2/h7,10,16-17,19-20,22-23,25-26,28-29,55H,4-6,8-9,11-15,18,21,24,27,30-54H2,1-3H3/b10-7-,17-16-,20-19-,23-22-,26-25-,29-28-. The fraction of sp³-hybridized carbons (Fsp3) is 0.741. The minimum absolute atomic E-state index is 0.0724. The van der Waals surface area contributed by atoms with Gasteiger partial charge in [0.05, 0.1) is 0 Å². The van der Waals surface area contributed by atoms with E-state index in [0.29, 0.717) is 19.3 Å². The lowest BCUT2D eigenvalue weighted by Crippen LogP contribution is -2.30. The van der Waals surface area contributed by atoms with E-state index in [1.807, 2.05) is 0 Å². The highest BCUT2D eigenvalue weighted by Crippen LogP contribution is 2.15. The van der Waals surface area contributed by atoms with Crippen LogP contribution in [0, 0.1) is 0 Å². The first-order valence-electron chi connectivity index (χ1n) is 26.9. The van der Waals surface area contributed by atoms with Gasteiger partial charge in [0.1, 0.15) is 13.2 Å². The van der Waals surface area contributed by atoms with Crippen molar-refractivity contribution >= 4 is 17.9 Å². The smallest absolute Gasteiger partial charge is 0.306 e. The summed E-state index contributed by atoms with van der Waals surface area (Å²) in [6.07, 6.45) is 66.7. The van der Waals surface area contributed by atoms with Gasteiger partial charge in [-0.1, -0.05) is 241 Å². The SMILES string of the molecule is CC/C=C\C/C=C\C/C=C\C/C=C\C/C=C\C/C=C\CCCCCCCCCCCCCCCCC(=O)OCC(COC(=O)CCCCCCCC)OC(=O)CCCCCCCCC. The normalized spacial score (nSPS) is 12.6. The Morgan fingerprint density at radius 3 is 0.953 bits per heavy atom. The number of ether oxygens (including phenoxy) is 3. The molecule has 0 amide bonds. The summed E-state index contributed by atoms with van der Waals surface area (Å²) in [5.74, 6) is -0.887. The first kappa shape index (κ1) is 60.9. The Balaban J connectivity index is 3.88. The topological polar surface area (TPSA) is 78.9 Å². The van der Waals surface area contributed by atoms with Crippen molar-refractivity contribution in [1.82, 2.24) is 0 Å². The summed E-state index contributed by atoms with van der Waals surface area (Å²) >= 11 is 0. The molecular formula is C58H100O6. The molecule has 0 saturated heterocycles. The zero-order valence-corrected chi connectivity index (χ0v) is 42.0. The van der Waals surface area contributed by atoms with Gasteiger partial charge in [0.2, 0.25) is 0 Å². The Bertz CT molecular complexity index is 1210. The largest absolute Gasteiger partial charge is 0.462 e. The molecule has 0 aromatic rings. The Morgan fingerprint density at radius 2 is 0.609 bits per heavy atom. The van der Waals surface area contributed by atoms with Crippen molar-refractivity contribution < 1.29 is 28.6 Å². The van der Waals surface area contributed by atoms with E-state index in [2.05, 4.69) is 93.7 Å². The molecule has 0 heterocycles. The lowest BCUT2D eigenvalue weighted by Gasteiger charge is -2.18. The molecule has 0 fully saturated rings. The van der Waals surface area contributed by atoms with Crippen LogP contribution in [0.4, 0.5) is 0 Å². The molecule has 0 radical (unpaired) electrons. The zero-order chi connectivity index (χ0) is 46.5. The van der Waals surface area contributed by atoms with E-state index in [1.54, 1.807) is 0 Å². The average molecular weight is 893 g/mol. The summed E-state index contributed by atoms with van der Waals surface area (Å²) in [7, 11) is 0. The van der Waals surface area contributed by atoms with Crippen LogP contribution in [0.15, 0.2) is 72.9 Å². The van der Waals surface area contributed by atoms with Crippen LogP contribution in [0.25, 0.3) is 0 Å². The molecule has 0 aliphatic heterocycles. The minimum atomic E-state index is -0.765. The number of hydrogen-bond acceptors (Lipinski definition) is 6. The molecule has 0 rings (SSSR count). The molecule has 64 heavy (non-hydrogen) atoms. The summed E-state index contributed by atoms with van der Waals surface area (Å²) in [6, 6.07) is 0. The summed E-state index contributed by atoms with van der Waals surface area (Å²) in [4.78, 5) is 37.5. The van der Waals surface area contributed by atoms with E-state index in [4.69, 9.17) is 14.2 Å². The molecule has 0 spiro atoms. The second-order valence-electron chi connectivity index (χ2n) is 17.8. The quantitative estimate of drug-likeness (QED) is 0.0262. The van der Waals surface area contributed by atoms with Gasteiger partial charge in [-0.15, -0.1) is 0 Å². The Kier molecular flexibility index (Phi) is 49.9. The van der Waals surface area contributed by atoms with Crippen molar-refractivity contribution in [2.75, 3.05) is 13.2 Å². The molecule has 0 bridgehead atoms. The molecule has 1 atom stereocenters. The van der Waals surface area contributed by atoms with Crippen molar-refractivity contribution in [3.05, 3.63) is 72.9 Å². The van der Waals surface area contributed by atoms with Gasteiger partial charge in [-0.2, -0.15) is 0 Å². The van der Waals surface area contributed by atoms with Gasteiger partial charge in [0, 0.05) is 19.3 Å². The van der Waals surface area contributed by atoms with Crippen LogP contribution in [0.1, 0.15) is 258 Å². The second kappa shape index (κ2) is 52.5. The van der Waals surface area contributed by atoms with Gasteiger partial charge in [-0.05, 0) is 70.6 Å². The lowest BCUT2D eigenvalue weighted by molar-refractivity contribution is -0.167. The summed E-state index contributed by atoms with van der Waals surface area (Å²) < 4.78 is 16.6. The van der Waals surface area contributed by atoms with Crippen LogP contribution in [0.3, 0.4) is 0 Å². The van der Waals surface area contributed by atoms with Crippen molar-refractivity contribution in [1.29, 1.82) is 0 Å². The maximum absolute atomic E-state index is 12.6. The van der Waals surface area contributed by atoms with E-state index in [9.17, 15) is 14.4 Å². The second-order valence-corrected chi connectivity index (χ2v) is 17.8. The highest BCUT2D eigenvalue weighted by molar-refractivity contribution is 5.71. The van der Waals surface area contributed by atoms with E-state index in [0.717, 1.165) is 96.3 Å². The number of carbonyl (C=O) groups excluding carboxylic acids is 3. The molecule has 0 saturated carbocycles. The van der Waals surface area contributed by atoms with Gasteiger partial charge < -0.3 is 14.2 Å². The lowest BCUT2D eigenvalue weighted by atomic mass is 10.0. The third kappa shape index (κ3) is 49.9. The Labute approximate surface area is 395 Å². The van der Waals surface area contributed by atoms with Gasteiger partial charge in [0.25, 0.3) is 0 Å². The van der Waals surface area contributed by atoms with E-state index in [-0.39, 0.29) is 31.1 Å². The van der Waals surface area contributed by atoms with Crippen molar-refractivity contribution in [2.45, 2.75) is 264 Å². The first-order valence-corrected chi connectivity index (χ1v) is 26.9. The predicted molar refractivity (Wildman–Crippen MR) is 274 cm³/mol. The van der Waals surface area contributed by atoms with Crippen LogP contribution in [0.2, 0.25) is 0 Å². The fourth-order valence-electron chi connectivity index (χ4n) is 7.45. The number of esters is 3. The highest BCUT2D eigenvalue weighted by atomic mass is 16.6. The summed E-state index contributed by atoms with van der Waals surface area (Å²) in [6.45, 7) is 6.42. The summed E-state index contributed by atoms with van der Waals surface area (Å²) in [5, 5.41) is 0. The zero-order valence-electron chi connectivity index (χ0n) is 42.0. The molecule has 6 nitrogen and oxygen atoms in total. The van der Waals surface area contributed by atoms with Gasteiger partial charge >= 0.3 is 17.9 Å². The van der Waals surface area contributed by atoms with Crippen LogP contribution >= 0.6 is 0 Å². The summed E-state index contributed by atoms with van der Waals surface area (Å²) in [5.41, 5.74) is 0. The predicted octanol–water partition coefficient (Wildman–Crippen LogP) is 17.8. The van der Waals surface area contributed by atoms with Crippen molar-refractivity contribution in [3.63, 3.8) is 0 Å². The molecule has 1 unspecified atom stereocenters. The third-order valence-electron chi connectivity index (χ3n) is 11.5. The molecule has 0 aromatic carbocycles. The number of hydrogen-bond donors (Lipinski definition) is 0. The van der Waals surface area contributed by atoms with Gasteiger partial charge in [0.15, 0.2) is 6.10 Å². The Morgan fingerprint density at radius 1 is 0.328 bits per heavy atom. The Hall–Kier alpha value is -3.15. The molecular weight excluding hydrogens is 793 g/mol. The average Bonchev–Trinajstić information content (AvgIpc) is 3.29. The van der Waals surface area contributed by atoms with Gasteiger partial charge in [-0.3, -0.25) is 14.4 Å². The number of carbonyl (C=O) groups is 3. The maximum atomic E-state index is 12.6. The molecule has 6 heteroatoms. The number of allylic oxidation sites excluding steroid dienone is 12. The van der Waals surface area contributed by atoms with Crippen molar-refractivity contribution in [3.8, 4) is 0 Å². The minimum Gasteiger partial charge on any atom is -0.462 e. The van der Waals surface area contributed by atoms with Crippen molar-refractivity contribution in [2.24, 2.45) is 0 Å². The third-order valence-corrected chi connectivity index (χ3v) is 11.5. The van der Waals surface area contributed by atoms with Crippen LogP contribution in [0.5, 0.6) is 0 Å². The number of unbranched alkanes of at least 4 members (excludes halogenated alkanes) is 25. The van der Waals surface area contributed by atoms with Crippen LogP contribution in [-0.2, 0) is 28.6 Å². The highest BCUT2D eigenvalue weighted by Gasteiger charge is 2.19. The molecule has 368 valence electrons.